The first kappa shape index (κ1) is 12.3. The largest absolute Gasteiger partial charge is 0.322 e. The van der Waals surface area contributed by atoms with Gasteiger partial charge < -0.3 is 4.90 Å². The summed E-state index contributed by atoms with van der Waals surface area (Å²) in [6, 6.07) is 5.00. The van der Waals surface area contributed by atoms with Gasteiger partial charge in [0.1, 0.15) is 6.04 Å². The molecule has 0 spiro atoms. The van der Waals surface area contributed by atoms with Gasteiger partial charge in [0.15, 0.2) is 0 Å². The molecule has 1 atom stereocenters. The maximum Gasteiger partial charge on any atom is 0.256 e. The van der Waals surface area contributed by atoms with Crippen LogP contribution in [0.3, 0.4) is 0 Å². The normalized spacial score (nSPS) is 22.5. The van der Waals surface area contributed by atoms with Crippen molar-refractivity contribution >= 4 is 33.7 Å². The topological polar surface area (TPSA) is 66.5 Å². The van der Waals surface area contributed by atoms with Crippen LogP contribution in [0, 0.1) is 0 Å². The fourth-order valence-corrected chi connectivity index (χ4v) is 3.15. The molecule has 3 rings (SSSR count). The molecule has 1 saturated heterocycles. The number of amides is 3. The van der Waals surface area contributed by atoms with E-state index in [0.29, 0.717) is 18.5 Å². The van der Waals surface area contributed by atoms with Crippen LogP contribution in [-0.2, 0) is 16.1 Å². The molecule has 1 aromatic rings. The summed E-state index contributed by atoms with van der Waals surface area (Å²) in [6.07, 6.45) is 0.666. The van der Waals surface area contributed by atoms with Gasteiger partial charge >= 0.3 is 0 Å². The molecule has 0 aliphatic carbocycles. The van der Waals surface area contributed by atoms with Crippen LogP contribution in [-0.4, -0.2) is 28.7 Å². The summed E-state index contributed by atoms with van der Waals surface area (Å²) in [7, 11) is 0. The molecule has 5 nitrogen and oxygen atoms in total. The number of benzene rings is 1. The first-order valence-corrected chi connectivity index (χ1v) is 6.79. The third-order valence-corrected chi connectivity index (χ3v) is 4.16. The van der Waals surface area contributed by atoms with E-state index in [0.717, 1.165) is 10.0 Å². The van der Waals surface area contributed by atoms with Gasteiger partial charge in [-0.1, -0.05) is 12.1 Å². The Morgan fingerprint density at radius 3 is 2.74 bits per heavy atom. The Hall–Kier alpha value is -1.69. The maximum absolute atomic E-state index is 12.4. The van der Waals surface area contributed by atoms with Gasteiger partial charge in [-0.25, -0.2) is 0 Å². The highest BCUT2D eigenvalue weighted by atomic mass is 79.9. The number of rotatable bonds is 1. The molecule has 98 valence electrons. The summed E-state index contributed by atoms with van der Waals surface area (Å²) in [5.41, 5.74) is 1.52. The van der Waals surface area contributed by atoms with Gasteiger partial charge in [0.2, 0.25) is 11.8 Å². The molecule has 1 unspecified atom stereocenters. The van der Waals surface area contributed by atoms with E-state index in [9.17, 15) is 14.4 Å². The summed E-state index contributed by atoms with van der Waals surface area (Å²) < 4.78 is 0.741. The Kier molecular flexibility index (Phi) is 2.89. The number of carbonyl (C=O) groups excluding carboxylic acids is 3. The number of carbonyl (C=O) groups is 3. The molecule has 1 aromatic carbocycles. The van der Waals surface area contributed by atoms with Crippen LogP contribution in [0.15, 0.2) is 22.7 Å². The highest BCUT2D eigenvalue weighted by Crippen LogP contribution is 2.31. The molecule has 0 bridgehead atoms. The lowest BCUT2D eigenvalue weighted by atomic mass is 10.0. The van der Waals surface area contributed by atoms with Crippen molar-refractivity contribution in [3.05, 3.63) is 33.8 Å². The van der Waals surface area contributed by atoms with Crippen LogP contribution in [0.25, 0.3) is 0 Å². The lowest BCUT2D eigenvalue weighted by Gasteiger charge is -2.29. The minimum Gasteiger partial charge on any atom is -0.322 e. The molecule has 3 amide bonds. The monoisotopic (exact) mass is 322 g/mol. The zero-order chi connectivity index (χ0) is 13.6. The molecular formula is C13H11BrN2O3. The van der Waals surface area contributed by atoms with Crippen molar-refractivity contribution in [2.24, 2.45) is 0 Å². The van der Waals surface area contributed by atoms with Gasteiger partial charge in [0.05, 0.1) is 5.56 Å². The number of halogens is 1. The van der Waals surface area contributed by atoms with Crippen molar-refractivity contribution in [2.75, 3.05) is 0 Å². The fourth-order valence-electron chi connectivity index (χ4n) is 2.57. The Morgan fingerprint density at radius 1 is 1.26 bits per heavy atom. The summed E-state index contributed by atoms with van der Waals surface area (Å²) in [4.78, 5) is 36.9. The smallest absolute Gasteiger partial charge is 0.256 e. The second-order valence-corrected chi connectivity index (χ2v) is 5.53. The molecule has 0 radical (unpaired) electrons. The van der Waals surface area contributed by atoms with Crippen molar-refractivity contribution in [1.82, 2.24) is 10.2 Å². The molecule has 1 fully saturated rings. The summed E-state index contributed by atoms with van der Waals surface area (Å²) in [6.45, 7) is 0.417. The van der Waals surface area contributed by atoms with Crippen LogP contribution in [0.5, 0.6) is 0 Å². The van der Waals surface area contributed by atoms with E-state index in [2.05, 4.69) is 21.2 Å². The van der Waals surface area contributed by atoms with Crippen molar-refractivity contribution in [1.29, 1.82) is 0 Å². The van der Waals surface area contributed by atoms with E-state index in [1.807, 2.05) is 18.2 Å². The number of hydrogen-bond acceptors (Lipinski definition) is 3. The Morgan fingerprint density at radius 2 is 2.05 bits per heavy atom. The average molecular weight is 323 g/mol. The van der Waals surface area contributed by atoms with E-state index in [4.69, 9.17) is 0 Å². The number of nitrogens with one attached hydrogen (secondary N) is 1. The SMILES string of the molecule is O=C1CCC(N2Cc3cccc(Br)c3C2=O)C(=O)N1. The number of imide groups is 1. The fraction of sp³-hybridized carbons (Fsp3) is 0.308. The summed E-state index contributed by atoms with van der Waals surface area (Å²) in [5, 5.41) is 2.28. The van der Waals surface area contributed by atoms with Crippen LogP contribution in [0.1, 0.15) is 28.8 Å². The first-order valence-electron chi connectivity index (χ1n) is 6.00. The number of piperidine rings is 1. The standard InChI is InChI=1S/C13H11BrN2O3/c14-8-3-1-2-7-6-16(13(19)11(7)8)9-4-5-10(17)15-12(9)18/h1-3,9H,4-6H2,(H,15,17,18). The maximum atomic E-state index is 12.4. The van der Waals surface area contributed by atoms with E-state index in [-0.39, 0.29) is 24.1 Å². The minimum absolute atomic E-state index is 0.156. The summed E-state index contributed by atoms with van der Waals surface area (Å²) in [5.74, 6) is -0.808. The molecule has 2 heterocycles. The van der Waals surface area contributed by atoms with Crippen LogP contribution in [0.4, 0.5) is 0 Å². The van der Waals surface area contributed by atoms with Crippen molar-refractivity contribution < 1.29 is 14.4 Å². The van der Waals surface area contributed by atoms with Crippen molar-refractivity contribution in [3.8, 4) is 0 Å². The molecule has 0 saturated carbocycles. The second-order valence-electron chi connectivity index (χ2n) is 4.67. The van der Waals surface area contributed by atoms with Gasteiger partial charge in [0.25, 0.3) is 5.91 Å². The quantitative estimate of drug-likeness (QED) is 0.790. The molecule has 2 aliphatic heterocycles. The second kappa shape index (κ2) is 4.45. The van der Waals surface area contributed by atoms with Gasteiger partial charge in [-0.3, -0.25) is 19.7 Å². The Bertz CT molecular complexity index is 600. The minimum atomic E-state index is -0.551. The number of fused-ring (bicyclic) bond motifs is 1. The Balaban J connectivity index is 1.90. The van der Waals surface area contributed by atoms with E-state index in [1.54, 1.807) is 0 Å². The van der Waals surface area contributed by atoms with Crippen LogP contribution >= 0.6 is 15.9 Å². The van der Waals surface area contributed by atoms with Crippen LogP contribution in [0.2, 0.25) is 0 Å². The Labute approximate surface area is 118 Å². The van der Waals surface area contributed by atoms with E-state index in [1.165, 1.54) is 4.90 Å². The number of nitrogens with zero attached hydrogens (tertiary/aromatic N) is 1. The van der Waals surface area contributed by atoms with Gasteiger partial charge in [-0.15, -0.1) is 0 Å². The third kappa shape index (κ3) is 1.96. The van der Waals surface area contributed by atoms with Crippen molar-refractivity contribution in [2.45, 2.75) is 25.4 Å². The predicted molar refractivity (Wildman–Crippen MR) is 70.2 cm³/mol. The van der Waals surface area contributed by atoms with E-state index >= 15 is 0 Å². The molecule has 2 aliphatic rings. The molecule has 0 aromatic heterocycles. The highest BCUT2D eigenvalue weighted by molar-refractivity contribution is 9.10. The third-order valence-electron chi connectivity index (χ3n) is 3.50. The van der Waals surface area contributed by atoms with Gasteiger partial charge in [-0.05, 0) is 34.0 Å². The number of hydrogen-bond donors (Lipinski definition) is 1. The van der Waals surface area contributed by atoms with Crippen LogP contribution < -0.4 is 5.32 Å². The lowest BCUT2D eigenvalue weighted by Crippen LogP contribution is -2.52. The predicted octanol–water partition coefficient (Wildman–Crippen LogP) is 1.21. The molecule has 19 heavy (non-hydrogen) atoms. The average Bonchev–Trinajstić information content (AvgIpc) is 2.68. The van der Waals surface area contributed by atoms with E-state index < -0.39 is 6.04 Å². The highest BCUT2D eigenvalue weighted by Gasteiger charge is 2.39. The van der Waals surface area contributed by atoms with Crippen molar-refractivity contribution in [3.63, 3.8) is 0 Å². The zero-order valence-corrected chi connectivity index (χ0v) is 11.6. The molecule has 6 heteroatoms. The van der Waals surface area contributed by atoms with Gasteiger partial charge in [0, 0.05) is 17.4 Å². The zero-order valence-electron chi connectivity index (χ0n) is 9.98. The summed E-state index contributed by atoms with van der Waals surface area (Å²) >= 11 is 3.36. The lowest BCUT2D eigenvalue weighted by molar-refractivity contribution is -0.136. The van der Waals surface area contributed by atoms with Gasteiger partial charge in [-0.2, -0.15) is 0 Å². The molecular weight excluding hydrogens is 312 g/mol. The first-order chi connectivity index (χ1) is 9.08. The molecule has 1 N–H and O–H groups in total.